The maximum absolute atomic E-state index is 5.51. The van der Waals surface area contributed by atoms with Crippen LogP contribution < -0.4 is 10.5 Å². The molecule has 1 heterocycles. The molecule has 0 amide bonds. The highest BCUT2D eigenvalue weighted by Gasteiger charge is 2.10. The van der Waals surface area contributed by atoms with Crippen LogP contribution >= 0.6 is 15.9 Å². The molecule has 1 aromatic rings. The Balaban J connectivity index is 2.40. The summed E-state index contributed by atoms with van der Waals surface area (Å²) in [5.74, 6) is 0.625. The summed E-state index contributed by atoms with van der Waals surface area (Å²) in [5, 5.41) is 0. The SMILES string of the molecule is CC(C)(C)OCCOc1nc(N)ncc1Br. The Morgan fingerprint density at radius 1 is 1.38 bits per heavy atom. The first kappa shape index (κ1) is 13.2. The quantitative estimate of drug-likeness (QED) is 0.859. The van der Waals surface area contributed by atoms with Gasteiger partial charge in [0.2, 0.25) is 11.8 Å². The molecule has 0 aliphatic rings. The molecular weight excluding hydrogens is 274 g/mol. The third-order valence-corrected chi connectivity index (χ3v) is 2.13. The zero-order chi connectivity index (χ0) is 12.2. The average Bonchev–Trinajstić information content (AvgIpc) is 2.16. The molecule has 0 aromatic carbocycles. The molecule has 2 N–H and O–H groups in total. The van der Waals surface area contributed by atoms with Gasteiger partial charge in [-0.1, -0.05) is 0 Å². The first-order valence-corrected chi connectivity index (χ1v) is 5.72. The molecular formula is C10H16BrN3O2. The van der Waals surface area contributed by atoms with Crippen molar-refractivity contribution in [3.05, 3.63) is 10.7 Å². The summed E-state index contributed by atoms with van der Waals surface area (Å²) in [4.78, 5) is 7.76. The predicted octanol–water partition coefficient (Wildman–Crippen LogP) is 2.02. The van der Waals surface area contributed by atoms with Gasteiger partial charge in [-0.25, -0.2) is 4.98 Å². The number of nitrogens with zero attached hydrogens (tertiary/aromatic N) is 2. The van der Waals surface area contributed by atoms with E-state index >= 15 is 0 Å². The summed E-state index contributed by atoms with van der Waals surface area (Å²) < 4.78 is 11.6. The first-order chi connectivity index (χ1) is 7.38. The highest BCUT2D eigenvalue weighted by atomic mass is 79.9. The molecule has 90 valence electrons. The van der Waals surface area contributed by atoms with Crippen LogP contribution in [0.2, 0.25) is 0 Å². The molecule has 5 nitrogen and oxygen atoms in total. The van der Waals surface area contributed by atoms with E-state index in [0.29, 0.717) is 23.6 Å². The lowest BCUT2D eigenvalue weighted by Crippen LogP contribution is -2.22. The molecule has 0 saturated heterocycles. The minimum atomic E-state index is -0.161. The number of aromatic nitrogens is 2. The third kappa shape index (κ3) is 4.76. The van der Waals surface area contributed by atoms with Gasteiger partial charge >= 0.3 is 0 Å². The van der Waals surface area contributed by atoms with Crippen molar-refractivity contribution in [1.29, 1.82) is 0 Å². The van der Waals surface area contributed by atoms with E-state index in [4.69, 9.17) is 15.2 Å². The summed E-state index contributed by atoms with van der Waals surface area (Å²) >= 11 is 3.28. The highest BCUT2D eigenvalue weighted by Crippen LogP contribution is 2.21. The first-order valence-electron chi connectivity index (χ1n) is 4.93. The van der Waals surface area contributed by atoms with Crippen molar-refractivity contribution in [3.8, 4) is 5.88 Å². The number of hydrogen-bond donors (Lipinski definition) is 1. The second-order valence-corrected chi connectivity index (χ2v) is 5.04. The molecule has 0 saturated carbocycles. The molecule has 0 spiro atoms. The standard InChI is InChI=1S/C10H16BrN3O2/c1-10(2,3)16-5-4-15-8-7(11)6-13-9(12)14-8/h6H,4-5H2,1-3H3,(H2,12,13,14). The molecule has 0 fully saturated rings. The van der Waals surface area contributed by atoms with Crippen LogP contribution in [0, 0.1) is 0 Å². The number of nitrogen functional groups attached to an aromatic ring is 1. The molecule has 0 aliphatic heterocycles. The van der Waals surface area contributed by atoms with Crippen molar-refractivity contribution in [1.82, 2.24) is 9.97 Å². The largest absolute Gasteiger partial charge is 0.474 e. The van der Waals surface area contributed by atoms with Crippen molar-refractivity contribution in [2.75, 3.05) is 18.9 Å². The number of nitrogens with two attached hydrogens (primary N) is 1. The Morgan fingerprint density at radius 2 is 2.06 bits per heavy atom. The van der Waals surface area contributed by atoms with Crippen LogP contribution in [0.25, 0.3) is 0 Å². The number of halogens is 1. The Labute approximate surface area is 103 Å². The molecule has 6 heteroatoms. The van der Waals surface area contributed by atoms with E-state index < -0.39 is 0 Å². The lowest BCUT2D eigenvalue weighted by atomic mass is 10.2. The topological polar surface area (TPSA) is 70.3 Å². The normalized spacial score (nSPS) is 11.5. The second-order valence-electron chi connectivity index (χ2n) is 4.19. The van der Waals surface area contributed by atoms with Gasteiger partial charge in [-0.15, -0.1) is 0 Å². The maximum Gasteiger partial charge on any atom is 0.232 e. The summed E-state index contributed by atoms with van der Waals surface area (Å²) in [6, 6.07) is 0. The Bertz CT molecular complexity index is 352. The molecule has 0 bridgehead atoms. The van der Waals surface area contributed by atoms with Crippen molar-refractivity contribution in [2.45, 2.75) is 26.4 Å². The molecule has 0 radical (unpaired) electrons. The fourth-order valence-corrected chi connectivity index (χ4v) is 1.26. The number of anilines is 1. The van der Waals surface area contributed by atoms with E-state index in [-0.39, 0.29) is 11.5 Å². The smallest absolute Gasteiger partial charge is 0.232 e. The summed E-state index contributed by atoms with van der Waals surface area (Å²) in [6.07, 6.45) is 1.56. The summed E-state index contributed by atoms with van der Waals surface area (Å²) in [6.45, 7) is 6.90. The predicted molar refractivity (Wildman–Crippen MR) is 65.3 cm³/mol. The van der Waals surface area contributed by atoms with E-state index in [1.54, 1.807) is 6.20 Å². The molecule has 0 unspecified atom stereocenters. The minimum Gasteiger partial charge on any atom is -0.474 e. The maximum atomic E-state index is 5.51. The van der Waals surface area contributed by atoms with Gasteiger partial charge < -0.3 is 15.2 Å². The van der Waals surface area contributed by atoms with E-state index in [1.807, 2.05) is 20.8 Å². The van der Waals surface area contributed by atoms with E-state index in [0.717, 1.165) is 0 Å². The Morgan fingerprint density at radius 3 is 2.69 bits per heavy atom. The molecule has 1 aromatic heterocycles. The molecule has 0 atom stereocenters. The highest BCUT2D eigenvalue weighted by molar-refractivity contribution is 9.10. The van der Waals surface area contributed by atoms with E-state index in [9.17, 15) is 0 Å². The van der Waals surface area contributed by atoms with E-state index in [2.05, 4.69) is 25.9 Å². The van der Waals surface area contributed by atoms with Crippen LogP contribution in [0.1, 0.15) is 20.8 Å². The zero-order valence-electron chi connectivity index (χ0n) is 9.66. The number of ether oxygens (including phenoxy) is 2. The van der Waals surface area contributed by atoms with Crippen molar-refractivity contribution >= 4 is 21.9 Å². The lowest BCUT2D eigenvalue weighted by Gasteiger charge is -2.19. The Hall–Kier alpha value is -0.880. The van der Waals surface area contributed by atoms with Gasteiger partial charge in [-0.05, 0) is 36.7 Å². The van der Waals surface area contributed by atoms with Crippen LogP contribution in [-0.4, -0.2) is 28.8 Å². The minimum absolute atomic E-state index is 0.161. The van der Waals surface area contributed by atoms with Crippen LogP contribution in [0.4, 0.5) is 5.95 Å². The van der Waals surface area contributed by atoms with Crippen molar-refractivity contribution < 1.29 is 9.47 Å². The Kier molecular flexibility index (Phi) is 4.49. The molecule has 0 aliphatic carbocycles. The van der Waals surface area contributed by atoms with Gasteiger partial charge in [0, 0.05) is 0 Å². The monoisotopic (exact) mass is 289 g/mol. The molecule has 16 heavy (non-hydrogen) atoms. The van der Waals surface area contributed by atoms with Gasteiger partial charge in [0.1, 0.15) is 6.61 Å². The van der Waals surface area contributed by atoms with Gasteiger partial charge in [-0.3, -0.25) is 0 Å². The van der Waals surface area contributed by atoms with Crippen molar-refractivity contribution in [2.24, 2.45) is 0 Å². The van der Waals surface area contributed by atoms with Gasteiger partial charge in [0.05, 0.1) is 22.9 Å². The third-order valence-electron chi connectivity index (χ3n) is 1.59. The lowest BCUT2D eigenvalue weighted by molar-refractivity contribution is -0.0169. The van der Waals surface area contributed by atoms with Crippen LogP contribution in [0.3, 0.4) is 0 Å². The molecule has 1 rings (SSSR count). The van der Waals surface area contributed by atoms with Gasteiger partial charge in [0.25, 0.3) is 0 Å². The van der Waals surface area contributed by atoms with Crippen LogP contribution in [0.5, 0.6) is 5.88 Å². The average molecular weight is 290 g/mol. The van der Waals surface area contributed by atoms with Gasteiger partial charge in [0.15, 0.2) is 0 Å². The summed E-state index contributed by atoms with van der Waals surface area (Å²) in [7, 11) is 0. The second kappa shape index (κ2) is 5.45. The summed E-state index contributed by atoms with van der Waals surface area (Å²) in [5.41, 5.74) is 5.29. The van der Waals surface area contributed by atoms with Crippen molar-refractivity contribution in [3.63, 3.8) is 0 Å². The fourth-order valence-electron chi connectivity index (χ4n) is 0.952. The number of rotatable bonds is 4. The van der Waals surface area contributed by atoms with Gasteiger partial charge in [-0.2, -0.15) is 4.98 Å². The van der Waals surface area contributed by atoms with Crippen LogP contribution in [0.15, 0.2) is 10.7 Å². The number of hydrogen-bond acceptors (Lipinski definition) is 5. The zero-order valence-corrected chi connectivity index (χ0v) is 11.2. The fraction of sp³-hybridized carbons (Fsp3) is 0.600. The van der Waals surface area contributed by atoms with Crippen LogP contribution in [-0.2, 0) is 4.74 Å². The van der Waals surface area contributed by atoms with E-state index in [1.165, 1.54) is 0 Å².